The highest BCUT2D eigenvalue weighted by atomic mass is 16.5. The van der Waals surface area contributed by atoms with Crippen LogP contribution in [0.3, 0.4) is 0 Å². The van der Waals surface area contributed by atoms with Crippen LogP contribution >= 0.6 is 0 Å². The lowest BCUT2D eigenvalue weighted by atomic mass is 10.1. The van der Waals surface area contributed by atoms with Gasteiger partial charge in [0, 0.05) is 12.1 Å². The summed E-state index contributed by atoms with van der Waals surface area (Å²) < 4.78 is 4.78. The summed E-state index contributed by atoms with van der Waals surface area (Å²) >= 11 is 0. The van der Waals surface area contributed by atoms with Gasteiger partial charge in [0.25, 0.3) is 0 Å². The fourth-order valence-corrected chi connectivity index (χ4v) is 1.34. The van der Waals surface area contributed by atoms with Crippen LogP contribution in [-0.4, -0.2) is 19.6 Å². The van der Waals surface area contributed by atoms with Crippen LogP contribution in [0.25, 0.3) is 0 Å². The zero-order chi connectivity index (χ0) is 12.5. The molecule has 0 bridgehead atoms. The first-order valence-corrected chi connectivity index (χ1v) is 5.64. The van der Waals surface area contributed by atoms with Gasteiger partial charge in [0.1, 0.15) is 6.42 Å². The van der Waals surface area contributed by atoms with Crippen molar-refractivity contribution >= 4 is 5.97 Å². The molecule has 0 saturated carbocycles. The van der Waals surface area contributed by atoms with Gasteiger partial charge in [-0.3, -0.25) is 4.79 Å². The number of nitrogens with one attached hydrogen (secondary N) is 1. The second-order valence-electron chi connectivity index (χ2n) is 3.51. The minimum absolute atomic E-state index is 0.145. The fraction of sp³-hybridized carbons (Fsp3) is 0.357. The van der Waals surface area contributed by atoms with Crippen molar-refractivity contribution in [2.45, 2.75) is 19.9 Å². The summed E-state index contributed by atoms with van der Waals surface area (Å²) in [6, 6.07) is 7.94. The molecule has 1 rings (SSSR count). The van der Waals surface area contributed by atoms with Gasteiger partial charge in [-0.1, -0.05) is 24.0 Å². The molecule has 0 heterocycles. The van der Waals surface area contributed by atoms with E-state index in [2.05, 4.69) is 17.2 Å². The van der Waals surface area contributed by atoms with E-state index < -0.39 is 0 Å². The van der Waals surface area contributed by atoms with E-state index in [1.807, 2.05) is 31.3 Å². The molecular weight excluding hydrogens is 214 g/mol. The topological polar surface area (TPSA) is 38.3 Å². The standard InChI is InChI=1S/C14H17NO2/c1-3-17-14(16)6-4-5-12-7-9-13(10-8-12)11-15-2/h7-10,15H,3,6,11H2,1-2H3. The molecule has 0 fully saturated rings. The van der Waals surface area contributed by atoms with Crippen molar-refractivity contribution in [2.75, 3.05) is 13.7 Å². The van der Waals surface area contributed by atoms with Crippen molar-refractivity contribution < 1.29 is 9.53 Å². The third kappa shape index (κ3) is 5.19. The third-order valence-corrected chi connectivity index (χ3v) is 2.11. The number of carbonyl (C=O) groups is 1. The minimum atomic E-state index is -0.271. The predicted molar refractivity (Wildman–Crippen MR) is 67.3 cm³/mol. The van der Waals surface area contributed by atoms with Crippen molar-refractivity contribution in [3.8, 4) is 11.8 Å². The van der Waals surface area contributed by atoms with Crippen LogP contribution in [-0.2, 0) is 16.1 Å². The summed E-state index contributed by atoms with van der Waals surface area (Å²) in [6.07, 6.45) is 0.145. The quantitative estimate of drug-likeness (QED) is 0.633. The normalized spacial score (nSPS) is 9.29. The van der Waals surface area contributed by atoms with Crippen molar-refractivity contribution in [1.82, 2.24) is 5.32 Å². The summed E-state index contributed by atoms with van der Waals surface area (Å²) in [5, 5.41) is 3.08. The van der Waals surface area contributed by atoms with Gasteiger partial charge >= 0.3 is 5.97 Å². The number of carbonyl (C=O) groups excluding carboxylic acids is 1. The van der Waals surface area contributed by atoms with Crippen LogP contribution in [0, 0.1) is 11.8 Å². The molecule has 3 heteroatoms. The monoisotopic (exact) mass is 231 g/mol. The lowest BCUT2D eigenvalue weighted by Crippen LogP contribution is -2.04. The van der Waals surface area contributed by atoms with E-state index in [1.165, 1.54) is 5.56 Å². The average Bonchev–Trinajstić information content (AvgIpc) is 2.32. The molecule has 1 N–H and O–H groups in total. The smallest absolute Gasteiger partial charge is 0.317 e. The molecule has 0 aliphatic rings. The van der Waals surface area contributed by atoms with Gasteiger partial charge in [0.05, 0.1) is 6.61 Å². The molecule has 0 aliphatic carbocycles. The molecule has 0 saturated heterocycles. The highest BCUT2D eigenvalue weighted by Crippen LogP contribution is 2.02. The van der Waals surface area contributed by atoms with E-state index in [0.717, 1.165) is 12.1 Å². The fourth-order valence-electron chi connectivity index (χ4n) is 1.34. The molecule has 0 radical (unpaired) electrons. The number of rotatable bonds is 4. The molecule has 1 aromatic rings. The molecule has 0 spiro atoms. The summed E-state index contributed by atoms with van der Waals surface area (Å²) in [5.41, 5.74) is 2.12. The number of esters is 1. The first-order valence-electron chi connectivity index (χ1n) is 5.64. The summed E-state index contributed by atoms with van der Waals surface area (Å²) in [7, 11) is 1.91. The average molecular weight is 231 g/mol. The van der Waals surface area contributed by atoms with E-state index >= 15 is 0 Å². The van der Waals surface area contributed by atoms with Gasteiger partial charge < -0.3 is 10.1 Å². The Morgan fingerprint density at radius 2 is 2.06 bits per heavy atom. The maximum atomic E-state index is 11.0. The molecule has 17 heavy (non-hydrogen) atoms. The highest BCUT2D eigenvalue weighted by molar-refractivity contribution is 5.72. The molecule has 0 atom stereocenters. The zero-order valence-electron chi connectivity index (χ0n) is 10.2. The van der Waals surface area contributed by atoms with Crippen LogP contribution in [0.2, 0.25) is 0 Å². The second kappa shape index (κ2) is 7.48. The predicted octanol–water partition coefficient (Wildman–Crippen LogP) is 1.71. The van der Waals surface area contributed by atoms with Crippen molar-refractivity contribution in [3.63, 3.8) is 0 Å². The Labute approximate surface area is 102 Å². The van der Waals surface area contributed by atoms with Gasteiger partial charge in [-0.05, 0) is 31.7 Å². The lowest BCUT2D eigenvalue weighted by molar-refractivity contribution is -0.141. The third-order valence-electron chi connectivity index (χ3n) is 2.11. The Balaban J connectivity index is 2.51. The number of ether oxygens (including phenoxy) is 1. The lowest BCUT2D eigenvalue weighted by Gasteiger charge is -1.99. The van der Waals surface area contributed by atoms with Gasteiger partial charge in [-0.25, -0.2) is 0 Å². The number of hydrogen-bond acceptors (Lipinski definition) is 3. The van der Waals surface area contributed by atoms with E-state index in [1.54, 1.807) is 6.92 Å². The van der Waals surface area contributed by atoms with E-state index in [0.29, 0.717) is 6.61 Å². The minimum Gasteiger partial charge on any atom is -0.465 e. The molecule has 3 nitrogen and oxygen atoms in total. The van der Waals surface area contributed by atoms with Crippen molar-refractivity contribution in [3.05, 3.63) is 35.4 Å². The maximum Gasteiger partial charge on any atom is 0.317 e. The number of hydrogen-bond donors (Lipinski definition) is 1. The Kier molecular flexibility index (Phi) is 5.84. The Morgan fingerprint density at radius 1 is 1.35 bits per heavy atom. The Morgan fingerprint density at radius 3 is 2.65 bits per heavy atom. The molecule has 1 aromatic carbocycles. The molecular formula is C14H17NO2. The van der Waals surface area contributed by atoms with Crippen molar-refractivity contribution in [2.24, 2.45) is 0 Å². The van der Waals surface area contributed by atoms with Crippen molar-refractivity contribution in [1.29, 1.82) is 0 Å². The summed E-state index contributed by atoms with van der Waals surface area (Å²) in [5.74, 6) is 5.46. The van der Waals surface area contributed by atoms with Crippen LogP contribution < -0.4 is 5.32 Å². The molecule has 0 unspecified atom stereocenters. The van der Waals surface area contributed by atoms with Crippen LogP contribution in [0.1, 0.15) is 24.5 Å². The van der Waals surface area contributed by atoms with E-state index in [-0.39, 0.29) is 12.4 Å². The number of benzene rings is 1. The highest BCUT2D eigenvalue weighted by Gasteiger charge is 1.96. The van der Waals surface area contributed by atoms with Gasteiger partial charge in [-0.2, -0.15) is 0 Å². The Hall–Kier alpha value is -1.79. The summed E-state index contributed by atoms with van der Waals surface area (Å²) in [4.78, 5) is 11.0. The largest absolute Gasteiger partial charge is 0.465 e. The molecule has 0 aliphatic heterocycles. The molecule has 0 amide bonds. The Bertz CT molecular complexity index is 412. The van der Waals surface area contributed by atoms with Gasteiger partial charge in [0.2, 0.25) is 0 Å². The first-order chi connectivity index (χ1) is 8.26. The second-order valence-corrected chi connectivity index (χ2v) is 3.51. The molecule has 0 aromatic heterocycles. The van der Waals surface area contributed by atoms with Crippen LogP contribution in [0.5, 0.6) is 0 Å². The van der Waals surface area contributed by atoms with Gasteiger partial charge in [0.15, 0.2) is 0 Å². The maximum absolute atomic E-state index is 11.0. The van der Waals surface area contributed by atoms with E-state index in [4.69, 9.17) is 4.74 Å². The summed E-state index contributed by atoms with van der Waals surface area (Å²) in [6.45, 7) is 3.03. The first kappa shape index (κ1) is 13.3. The van der Waals surface area contributed by atoms with Gasteiger partial charge in [-0.15, -0.1) is 0 Å². The van der Waals surface area contributed by atoms with E-state index in [9.17, 15) is 4.79 Å². The van der Waals surface area contributed by atoms with Crippen LogP contribution in [0.4, 0.5) is 0 Å². The SMILES string of the molecule is CCOC(=O)CC#Cc1ccc(CNC)cc1. The zero-order valence-corrected chi connectivity index (χ0v) is 10.2. The molecule has 90 valence electrons. The van der Waals surface area contributed by atoms with Crippen LogP contribution in [0.15, 0.2) is 24.3 Å².